The van der Waals surface area contributed by atoms with Crippen LogP contribution in [0.2, 0.25) is 0 Å². The fourth-order valence-electron chi connectivity index (χ4n) is 9.71. The molecule has 12 atom stereocenters. The first kappa shape index (κ1) is 69.8. The largest absolute Gasteiger partial charge is 0.394 e. The fourth-order valence-corrected chi connectivity index (χ4v) is 9.71. The molecule has 0 bridgehead atoms. The number of nitrogens with one attached hydrogen (secondary N) is 1. The number of aliphatic hydroxyl groups is 8. The highest BCUT2D eigenvalue weighted by Crippen LogP contribution is 2.30. The van der Waals surface area contributed by atoms with Gasteiger partial charge in [-0.1, -0.05) is 209 Å². The lowest BCUT2D eigenvalue weighted by Gasteiger charge is -2.46. The second-order valence-corrected chi connectivity index (χ2v) is 21.5. The highest BCUT2D eigenvalue weighted by atomic mass is 16.7. The molecule has 442 valence electrons. The van der Waals surface area contributed by atoms with E-state index in [-0.39, 0.29) is 18.9 Å². The van der Waals surface area contributed by atoms with Crippen molar-refractivity contribution < 1.29 is 64.6 Å². The van der Waals surface area contributed by atoms with E-state index in [0.717, 1.165) is 64.2 Å². The molecule has 9 N–H and O–H groups in total. The maximum Gasteiger partial charge on any atom is 0.220 e. The van der Waals surface area contributed by atoms with E-state index in [9.17, 15) is 45.6 Å². The average Bonchev–Trinajstić information content (AvgIpc) is 3.42. The molecule has 2 saturated heterocycles. The van der Waals surface area contributed by atoms with E-state index in [1.54, 1.807) is 6.08 Å². The quantitative estimate of drug-likeness (QED) is 0.0204. The topological polar surface area (TPSA) is 228 Å². The summed E-state index contributed by atoms with van der Waals surface area (Å²) in [6.45, 7) is 2.75. The Morgan fingerprint density at radius 1 is 0.474 bits per heavy atom. The number of allylic oxidation sites excluding steroid dienone is 9. The van der Waals surface area contributed by atoms with Gasteiger partial charge in [-0.2, -0.15) is 0 Å². The summed E-state index contributed by atoms with van der Waals surface area (Å²) in [6, 6.07) is -0.945. The maximum atomic E-state index is 13.2. The zero-order chi connectivity index (χ0) is 55.3. The predicted molar refractivity (Wildman–Crippen MR) is 304 cm³/mol. The molecule has 2 heterocycles. The number of rotatable bonds is 48. The van der Waals surface area contributed by atoms with Crippen molar-refractivity contribution in [3.05, 3.63) is 60.8 Å². The summed E-state index contributed by atoms with van der Waals surface area (Å²) in [5.74, 6) is -0.262. The van der Waals surface area contributed by atoms with E-state index in [1.807, 2.05) is 6.08 Å². The van der Waals surface area contributed by atoms with Crippen LogP contribution in [0.15, 0.2) is 60.8 Å². The predicted octanol–water partition coefficient (Wildman–Crippen LogP) is 10.6. The number of unbranched alkanes of at least 4 members (excludes halogenated alkanes) is 27. The van der Waals surface area contributed by atoms with Crippen molar-refractivity contribution in [3.63, 3.8) is 0 Å². The number of hydrogen-bond donors (Lipinski definition) is 9. The van der Waals surface area contributed by atoms with E-state index in [2.05, 4.69) is 67.8 Å². The van der Waals surface area contributed by atoms with E-state index in [1.165, 1.54) is 135 Å². The van der Waals surface area contributed by atoms with Crippen LogP contribution in [0.4, 0.5) is 0 Å². The van der Waals surface area contributed by atoms with Crippen LogP contribution in [0.25, 0.3) is 0 Å². The smallest absolute Gasteiger partial charge is 0.220 e. The lowest BCUT2D eigenvalue weighted by molar-refractivity contribution is -0.359. The molecule has 76 heavy (non-hydrogen) atoms. The Kier molecular flexibility index (Phi) is 43.6. The van der Waals surface area contributed by atoms with Gasteiger partial charge in [-0.25, -0.2) is 0 Å². The van der Waals surface area contributed by atoms with Gasteiger partial charge in [-0.05, 0) is 77.0 Å². The van der Waals surface area contributed by atoms with Crippen molar-refractivity contribution in [2.75, 3.05) is 19.8 Å². The summed E-state index contributed by atoms with van der Waals surface area (Å²) in [5.41, 5.74) is 0. The van der Waals surface area contributed by atoms with E-state index in [0.29, 0.717) is 12.8 Å². The van der Waals surface area contributed by atoms with Gasteiger partial charge in [-0.3, -0.25) is 4.79 Å². The van der Waals surface area contributed by atoms with Crippen LogP contribution in [0, 0.1) is 0 Å². The fraction of sp³-hybridized carbons (Fsp3) is 0.823. The molecule has 0 aromatic rings. The second kappa shape index (κ2) is 47.5. The molecule has 14 heteroatoms. The zero-order valence-electron chi connectivity index (χ0n) is 47.5. The van der Waals surface area contributed by atoms with Crippen LogP contribution >= 0.6 is 0 Å². The molecule has 0 aromatic heterocycles. The van der Waals surface area contributed by atoms with E-state index >= 15 is 0 Å². The SMILES string of the molecule is CCCCC/C=C\C/C=C\CCCCCCCCCC(=O)NC(COC1OC(CO)C(OC2OC(CO)C(O)C(O)C2O)C(O)C1O)C(O)/C=C/CC/C=C/CC/C=C/CCCCCCCCCCCCCCCCC. The first-order chi connectivity index (χ1) is 37.1. The third kappa shape index (κ3) is 32.7. The van der Waals surface area contributed by atoms with Crippen molar-refractivity contribution in [1.29, 1.82) is 0 Å². The lowest BCUT2D eigenvalue weighted by atomic mass is 9.97. The summed E-state index contributed by atoms with van der Waals surface area (Å²) in [5, 5.41) is 87.1. The van der Waals surface area contributed by atoms with Gasteiger partial charge in [-0.15, -0.1) is 0 Å². The summed E-state index contributed by atoms with van der Waals surface area (Å²) < 4.78 is 22.8. The number of aliphatic hydroxyl groups excluding tert-OH is 8. The van der Waals surface area contributed by atoms with Gasteiger partial charge in [0.15, 0.2) is 12.6 Å². The summed E-state index contributed by atoms with van der Waals surface area (Å²) >= 11 is 0. The molecule has 2 fully saturated rings. The molecule has 0 saturated carbocycles. The zero-order valence-corrected chi connectivity index (χ0v) is 47.5. The monoisotopic (exact) mass is 1080 g/mol. The average molecular weight is 1080 g/mol. The van der Waals surface area contributed by atoms with Gasteiger partial charge in [0.05, 0.1) is 32.0 Å². The molecule has 0 radical (unpaired) electrons. The number of ether oxygens (including phenoxy) is 4. The lowest BCUT2D eigenvalue weighted by Crippen LogP contribution is -2.65. The molecular weight excluding hydrogens is 967 g/mol. The first-order valence-corrected chi connectivity index (χ1v) is 30.5. The van der Waals surface area contributed by atoms with Gasteiger partial charge in [0.2, 0.25) is 5.91 Å². The Labute approximate surface area is 460 Å². The van der Waals surface area contributed by atoms with Crippen LogP contribution in [0.5, 0.6) is 0 Å². The van der Waals surface area contributed by atoms with Crippen LogP contribution < -0.4 is 5.32 Å². The second-order valence-electron chi connectivity index (χ2n) is 21.5. The van der Waals surface area contributed by atoms with Crippen molar-refractivity contribution >= 4 is 5.91 Å². The number of carbonyl (C=O) groups is 1. The van der Waals surface area contributed by atoms with Crippen LogP contribution in [0.1, 0.15) is 232 Å². The van der Waals surface area contributed by atoms with Gasteiger partial charge < -0.3 is 65.1 Å². The minimum Gasteiger partial charge on any atom is -0.394 e. The van der Waals surface area contributed by atoms with Crippen molar-refractivity contribution in [1.82, 2.24) is 5.32 Å². The normalized spacial score (nSPS) is 25.3. The third-order valence-electron chi connectivity index (χ3n) is 14.7. The molecule has 0 spiro atoms. The number of hydrogen-bond acceptors (Lipinski definition) is 13. The highest BCUT2D eigenvalue weighted by Gasteiger charge is 2.51. The molecule has 2 aliphatic rings. The molecule has 2 rings (SSSR count). The van der Waals surface area contributed by atoms with Crippen LogP contribution in [0.3, 0.4) is 0 Å². The summed E-state index contributed by atoms with van der Waals surface area (Å²) in [4.78, 5) is 13.2. The Bertz CT molecular complexity index is 1510. The molecule has 2 aliphatic heterocycles. The Balaban J connectivity index is 1.78. The van der Waals surface area contributed by atoms with Crippen molar-refractivity contribution in [3.8, 4) is 0 Å². The summed E-state index contributed by atoms with van der Waals surface area (Å²) in [6.07, 6.45) is 44.1. The molecular formula is C62H111NO13. The van der Waals surface area contributed by atoms with E-state index in [4.69, 9.17) is 18.9 Å². The maximum absolute atomic E-state index is 13.2. The van der Waals surface area contributed by atoms with Gasteiger partial charge >= 0.3 is 0 Å². The Hall–Kier alpha value is -2.31. The van der Waals surface area contributed by atoms with Gasteiger partial charge in [0.25, 0.3) is 0 Å². The Morgan fingerprint density at radius 2 is 0.882 bits per heavy atom. The Morgan fingerprint density at radius 3 is 1.39 bits per heavy atom. The highest BCUT2D eigenvalue weighted by molar-refractivity contribution is 5.76. The van der Waals surface area contributed by atoms with E-state index < -0.39 is 86.8 Å². The first-order valence-electron chi connectivity index (χ1n) is 30.5. The molecule has 0 aliphatic carbocycles. The van der Waals surface area contributed by atoms with Crippen LogP contribution in [-0.2, 0) is 23.7 Å². The minimum absolute atomic E-state index is 0.259. The summed E-state index contributed by atoms with van der Waals surface area (Å²) in [7, 11) is 0. The van der Waals surface area contributed by atoms with Gasteiger partial charge in [0.1, 0.15) is 48.8 Å². The third-order valence-corrected chi connectivity index (χ3v) is 14.7. The molecule has 0 aromatic carbocycles. The van der Waals surface area contributed by atoms with Crippen molar-refractivity contribution in [2.45, 2.75) is 306 Å². The molecule has 1 amide bonds. The van der Waals surface area contributed by atoms with Crippen LogP contribution in [-0.4, -0.2) is 140 Å². The minimum atomic E-state index is -1.80. The van der Waals surface area contributed by atoms with Gasteiger partial charge in [0, 0.05) is 6.42 Å². The number of amides is 1. The molecule has 14 nitrogen and oxygen atoms in total. The van der Waals surface area contributed by atoms with Crippen molar-refractivity contribution in [2.24, 2.45) is 0 Å². The number of carbonyl (C=O) groups excluding carboxylic acids is 1. The molecule has 12 unspecified atom stereocenters. The standard InChI is InChI=1S/C62H111NO13/c1-3-5-7-9-11-13-15-17-19-21-22-23-24-25-26-27-28-30-31-33-35-37-39-41-43-45-51(66)50(63-54(67)46-44-42-40-38-36-34-32-29-20-18-16-14-12-10-8-6-4-2)49-73-61-59(72)57(70)60(53(48-65)75-61)76-62-58(71)56(69)55(68)52(47-64)74-62/h12,14,18,20,28,30,35,37,43,45,50-53,55-62,64-66,68-72H,3-11,13,15-17,19,21-27,29,31-34,36,38-42,44,46-49H2,1-2H3,(H,63,67)/b14-12-,20-18-,30-28+,37-35+,45-43+.